The third-order valence-corrected chi connectivity index (χ3v) is 3.55. The lowest BCUT2D eigenvalue weighted by atomic mass is 9.99. The summed E-state index contributed by atoms with van der Waals surface area (Å²) in [6.45, 7) is -0.0247. The lowest BCUT2D eigenvalue weighted by Crippen LogP contribution is -2.48. The molecule has 2 rings (SSSR count). The first-order chi connectivity index (χ1) is 9.13. The Bertz CT molecular complexity index is 462. The van der Waals surface area contributed by atoms with Crippen LogP contribution in [-0.4, -0.2) is 23.2 Å². The first-order valence-electron chi connectivity index (χ1n) is 6.50. The van der Waals surface area contributed by atoms with Crippen LogP contribution in [0.2, 0.25) is 0 Å². The van der Waals surface area contributed by atoms with Crippen LogP contribution < -0.4 is 5.32 Å². The van der Waals surface area contributed by atoms with Gasteiger partial charge in [-0.2, -0.15) is 0 Å². The van der Waals surface area contributed by atoms with Crippen molar-refractivity contribution in [3.05, 3.63) is 41.7 Å². The molecule has 0 saturated heterocycles. The molecule has 0 bridgehead atoms. The quantitative estimate of drug-likeness (QED) is 0.819. The standard InChI is InChI=1S/C15H18FNO2/c16-13-6-3-12(4-7-13)5-8-14(19)17-15(11-18)9-1-2-10-15/h3-8,18H,1-2,9-11H2,(H,17,19)/b8-5+. The molecule has 102 valence electrons. The highest BCUT2D eigenvalue weighted by Gasteiger charge is 2.33. The van der Waals surface area contributed by atoms with Crippen molar-refractivity contribution in [3.8, 4) is 0 Å². The smallest absolute Gasteiger partial charge is 0.244 e. The van der Waals surface area contributed by atoms with Crippen LogP contribution in [0, 0.1) is 5.82 Å². The summed E-state index contributed by atoms with van der Waals surface area (Å²) in [6, 6.07) is 5.92. The van der Waals surface area contributed by atoms with Gasteiger partial charge in [0.15, 0.2) is 0 Å². The monoisotopic (exact) mass is 263 g/mol. The Kier molecular flexibility index (Phi) is 4.32. The number of aliphatic hydroxyl groups excluding tert-OH is 1. The average Bonchev–Trinajstić information content (AvgIpc) is 2.87. The predicted octanol–water partition coefficient (Wildman–Crippen LogP) is 2.26. The highest BCUT2D eigenvalue weighted by Crippen LogP contribution is 2.29. The highest BCUT2D eigenvalue weighted by molar-refractivity contribution is 5.92. The maximum atomic E-state index is 12.7. The van der Waals surface area contributed by atoms with E-state index in [-0.39, 0.29) is 18.3 Å². The number of hydrogen-bond acceptors (Lipinski definition) is 2. The van der Waals surface area contributed by atoms with Gasteiger partial charge >= 0.3 is 0 Å². The number of halogens is 1. The van der Waals surface area contributed by atoms with Crippen LogP contribution in [0.5, 0.6) is 0 Å². The van der Waals surface area contributed by atoms with Gasteiger partial charge < -0.3 is 10.4 Å². The molecule has 3 nitrogen and oxygen atoms in total. The molecule has 1 aliphatic rings. The SMILES string of the molecule is O=C(/C=C/c1ccc(F)cc1)NC1(CO)CCCC1. The summed E-state index contributed by atoms with van der Waals surface area (Å²) in [7, 11) is 0. The van der Waals surface area contributed by atoms with Crippen LogP contribution in [-0.2, 0) is 4.79 Å². The second-order valence-corrected chi connectivity index (χ2v) is 5.02. The number of benzene rings is 1. The van der Waals surface area contributed by atoms with Crippen molar-refractivity contribution in [2.45, 2.75) is 31.2 Å². The van der Waals surface area contributed by atoms with E-state index in [0.717, 1.165) is 31.2 Å². The number of nitrogens with one attached hydrogen (secondary N) is 1. The van der Waals surface area contributed by atoms with Gasteiger partial charge in [0.25, 0.3) is 0 Å². The van der Waals surface area contributed by atoms with E-state index in [1.54, 1.807) is 18.2 Å². The zero-order valence-corrected chi connectivity index (χ0v) is 10.7. The summed E-state index contributed by atoms with van der Waals surface area (Å²) < 4.78 is 12.7. The van der Waals surface area contributed by atoms with Crippen LogP contribution in [0.3, 0.4) is 0 Å². The van der Waals surface area contributed by atoms with Gasteiger partial charge in [0.05, 0.1) is 12.1 Å². The largest absolute Gasteiger partial charge is 0.394 e. The molecular formula is C15H18FNO2. The van der Waals surface area contributed by atoms with Gasteiger partial charge in [-0.3, -0.25) is 4.79 Å². The third kappa shape index (κ3) is 3.64. The van der Waals surface area contributed by atoms with Crippen LogP contribution in [0.15, 0.2) is 30.3 Å². The van der Waals surface area contributed by atoms with E-state index < -0.39 is 5.54 Å². The van der Waals surface area contributed by atoms with E-state index >= 15 is 0 Å². The molecule has 1 amide bonds. The van der Waals surface area contributed by atoms with Crippen LogP contribution in [0.25, 0.3) is 6.08 Å². The fourth-order valence-corrected chi connectivity index (χ4v) is 2.42. The molecule has 0 spiro atoms. The van der Waals surface area contributed by atoms with E-state index in [4.69, 9.17) is 0 Å². The molecule has 1 aliphatic carbocycles. The van der Waals surface area contributed by atoms with Crippen molar-refractivity contribution in [2.75, 3.05) is 6.61 Å². The average molecular weight is 263 g/mol. The second-order valence-electron chi connectivity index (χ2n) is 5.02. The van der Waals surface area contributed by atoms with Crippen LogP contribution >= 0.6 is 0 Å². The fraction of sp³-hybridized carbons (Fsp3) is 0.400. The minimum Gasteiger partial charge on any atom is -0.394 e. The van der Waals surface area contributed by atoms with Gasteiger partial charge in [-0.25, -0.2) is 4.39 Å². The first kappa shape index (κ1) is 13.7. The lowest BCUT2D eigenvalue weighted by Gasteiger charge is -2.27. The number of carbonyl (C=O) groups is 1. The second kappa shape index (κ2) is 5.97. The molecule has 2 N–H and O–H groups in total. The van der Waals surface area contributed by atoms with Crippen LogP contribution in [0.1, 0.15) is 31.2 Å². The van der Waals surface area contributed by atoms with Crippen molar-refractivity contribution < 1.29 is 14.3 Å². The Morgan fingerprint density at radius 1 is 1.32 bits per heavy atom. The molecule has 0 aliphatic heterocycles. The van der Waals surface area contributed by atoms with E-state index in [9.17, 15) is 14.3 Å². The van der Waals surface area contributed by atoms with Crippen molar-refractivity contribution in [1.29, 1.82) is 0 Å². The number of hydrogen-bond donors (Lipinski definition) is 2. The highest BCUT2D eigenvalue weighted by atomic mass is 19.1. The Hall–Kier alpha value is -1.68. The van der Waals surface area contributed by atoms with E-state index in [1.165, 1.54) is 18.2 Å². The van der Waals surface area contributed by atoms with Crippen LogP contribution in [0.4, 0.5) is 4.39 Å². The van der Waals surface area contributed by atoms with Gasteiger partial charge in [0.2, 0.25) is 5.91 Å². The summed E-state index contributed by atoms with van der Waals surface area (Å²) in [5, 5.41) is 12.3. The molecule has 1 aromatic carbocycles. The maximum absolute atomic E-state index is 12.7. The molecule has 0 aromatic heterocycles. The molecule has 0 atom stereocenters. The minimum absolute atomic E-state index is 0.0247. The van der Waals surface area contributed by atoms with Gasteiger partial charge in [0.1, 0.15) is 5.82 Å². The molecule has 19 heavy (non-hydrogen) atoms. The number of rotatable bonds is 4. The Morgan fingerprint density at radius 2 is 1.95 bits per heavy atom. The van der Waals surface area contributed by atoms with Gasteiger partial charge in [0, 0.05) is 6.08 Å². The minimum atomic E-state index is -0.454. The van der Waals surface area contributed by atoms with Crippen molar-refractivity contribution in [1.82, 2.24) is 5.32 Å². The van der Waals surface area contributed by atoms with Crippen molar-refractivity contribution >= 4 is 12.0 Å². The van der Waals surface area contributed by atoms with Gasteiger partial charge in [-0.05, 0) is 36.6 Å². The molecule has 0 radical (unpaired) electrons. The summed E-state index contributed by atoms with van der Waals surface area (Å²) >= 11 is 0. The fourth-order valence-electron chi connectivity index (χ4n) is 2.42. The van der Waals surface area contributed by atoms with E-state index in [0.29, 0.717) is 0 Å². The molecule has 4 heteroatoms. The predicted molar refractivity (Wildman–Crippen MR) is 71.9 cm³/mol. The zero-order chi connectivity index (χ0) is 13.7. The molecule has 0 unspecified atom stereocenters. The molecule has 0 heterocycles. The number of carbonyl (C=O) groups excluding carboxylic acids is 1. The lowest BCUT2D eigenvalue weighted by molar-refractivity contribution is -0.118. The van der Waals surface area contributed by atoms with Gasteiger partial charge in [-0.15, -0.1) is 0 Å². The molecule has 1 aromatic rings. The maximum Gasteiger partial charge on any atom is 0.244 e. The van der Waals surface area contributed by atoms with Crippen molar-refractivity contribution in [3.63, 3.8) is 0 Å². The Morgan fingerprint density at radius 3 is 2.53 bits per heavy atom. The van der Waals surface area contributed by atoms with Crippen molar-refractivity contribution in [2.24, 2.45) is 0 Å². The molecular weight excluding hydrogens is 245 g/mol. The van der Waals surface area contributed by atoms with Gasteiger partial charge in [-0.1, -0.05) is 25.0 Å². The van der Waals surface area contributed by atoms with E-state index in [2.05, 4.69) is 5.32 Å². The third-order valence-electron chi connectivity index (χ3n) is 3.55. The molecule has 1 saturated carbocycles. The number of aliphatic hydroxyl groups is 1. The number of amides is 1. The zero-order valence-electron chi connectivity index (χ0n) is 10.7. The summed E-state index contributed by atoms with van der Waals surface area (Å²) in [6.07, 6.45) is 6.75. The normalized spacial score (nSPS) is 17.8. The Balaban J connectivity index is 1.95. The first-order valence-corrected chi connectivity index (χ1v) is 6.50. The van der Waals surface area contributed by atoms with E-state index in [1.807, 2.05) is 0 Å². The molecule has 1 fully saturated rings. The topological polar surface area (TPSA) is 49.3 Å². The summed E-state index contributed by atoms with van der Waals surface area (Å²) in [5.74, 6) is -0.521. The summed E-state index contributed by atoms with van der Waals surface area (Å²) in [5.41, 5.74) is 0.311. The summed E-state index contributed by atoms with van der Waals surface area (Å²) in [4.78, 5) is 11.8. The Labute approximate surface area is 112 Å².